The molecule has 0 aromatic heterocycles. The summed E-state index contributed by atoms with van der Waals surface area (Å²) >= 11 is 0. The van der Waals surface area contributed by atoms with E-state index in [9.17, 15) is 5.26 Å². The molecule has 114 valence electrons. The first-order valence-electron chi connectivity index (χ1n) is 8.15. The van der Waals surface area contributed by atoms with E-state index in [4.69, 9.17) is 0 Å². The molecule has 1 unspecified atom stereocenters. The van der Waals surface area contributed by atoms with E-state index in [1.807, 2.05) is 37.4 Å². The molecule has 1 aromatic rings. The maximum atomic E-state index is 9.75. The van der Waals surface area contributed by atoms with E-state index in [0.29, 0.717) is 0 Å². The van der Waals surface area contributed by atoms with Crippen LogP contribution < -0.4 is 5.32 Å². The fourth-order valence-corrected chi connectivity index (χ4v) is 3.49. The Hall–Kier alpha value is -1.37. The molecule has 0 saturated heterocycles. The molecule has 0 amide bonds. The minimum Gasteiger partial charge on any atom is -0.301 e. The molecule has 2 rings (SSSR count). The van der Waals surface area contributed by atoms with E-state index >= 15 is 0 Å². The van der Waals surface area contributed by atoms with Gasteiger partial charge in [0, 0.05) is 12.6 Å². The quantitative estimate of drug-likeness (QED) is 0.835. The van der Waals surface area contributed by atoms with E-state index in [1.165, 1.54) is 25.7 Å². The van der Waals surface area contributed by atoms with Gasteiger partial charge in [-0.3, -0.25) is 5.32 Å². The van der Waals surface area contributed by atoms with Crippen LogP contribution in [0.25, 0.3) is 0 Å². The Labute approximate surface area is 129 Å². The van der Waals surface area contributed by atoms with Crippen LogP contribution in [0.4, 0.5) is 0 Å². The summed E-state index contributed by atoms with van der Waals surface area (Å²) in [5, 5.41) is 13.0. The lowest BCUT2D eigenvalue weighted by molar-refractivity contribution is 0.189. The van der Waals surface area contributed by atoms with Gasteiger partial charge in [0.2, 0.25) is 0 Å². The molecule has 1 fully saturated rings. The minimum absolute atomic E-state index is 0.576. The Bertz CT molecular complexity index is 459. The third kappa shape index (κ3) is 3.64. The van der Waals surface area contributed by atoms with Gasteiger partial charge in [-0.1, -0.05) is 50.1 Å². The second-order valence-corrected chi connectivity index (χ2v) is 5.95. The monoisotopic (exact) mass is 285 g/mol. The summed E-state index contributed by atoms with van der Waals surface area (Å²) in [6, 6.07) is 13.3. The highest BCUT2D eigenvalue weighted by atomic mass is 15.2. The lowest BCUT2D eigenvalue weighted by Gasteiger charge is -2.33. The Morgan fingerprint density at radius 3 is 2.48 bits per heavy atom. The summed E-state index contributed by atoms with van der Waals surface area (Å²) in [6.07, 6.45) is 6.18. The molecular formula is C18H27N3. The van der Waals surface area contributed by atoms with Crippen LogP contribution in [0.15, 0.2) is 30.3 Å². The number of hydrogen-bond donors (Lipinski definition) is 1. The standard InChI is InChI=1S/C18H27N3/c1-3-21(17-11-7-8-12-17)14-13-18(15-19,20-2)16-9-5-4-6-10-16/h4-6,9-10,17,20H,3,7-8,11-14H2,1-2H3. The van der Waals surface area contributed by atoms with Crippen molar-refractivity contribution in [3.05, 3.63) is 35.9 Å². The zero-order valence-electron chi connectivity index (χ0n) is 13.3. The molecule has 0 radical (unpaired) electrons. The van der Waals surface area contributed by atoms with Crippen molar-refractivity contribution in [2.75, 3.05) is 20.1 Å². The SMILES string of the molecule is CCN(CCC(C#N)(NC)c1ccccc1)C1CCCC1. The van der Waals surface area contributed by atoms with Crippen LogP contribution in [0, 0.1) is 11.3 Å². The van der Waals surface area contributed by atoms with Gasteiger partial charge in [0.1, 0.15) is 5.54 Å². The molecule has 1 aliphatic rings. The van der Waals surface area contributed by atoms with Crippen LogP contribution in [0.3, 0.4) is 0 Å². The smallest absolute Gasteiger partial charge is 0.133 e. The van der Waals surface area contributed by atoms with Crippen LogP contribution >= 0.6 is 0 Å². The molecule has 0 bridgehead atoms. The first-order chi connectivity index (χ1) is 10.3. The molecular weight excluding hydrogens is 258 g/mol. The van der Waals surface area contributed by atoms with Gasteiger partial charge in [-0.2, -0.15) is 5.26 Å². The zero-order valence-corrected chi connectivity index (χ0v) is 13.3. The second-order valence-electron chi connectivity index (χ2n) is 5.95. The molecule has 3 heteroatoms. The van der Waals surface area contributed by atoms with Crippen molar-refractivity contribution >= 4 is 0 Å². The third-order valence-corrected chi connectivity index (χ3v) is 4.91. The molecule has 1 aliphatic carbocycles. The number of nitrogens with zero attached hydrogens (tertiary/aromatic N) is 2. The van der Waals surface area contributed by atoms with Crippen LogP contribution in [0.2, 0.25) is 0 Å². The number of benzene rings is 1. The van der Waals surface area contributed by atoms with E-state index in [1.54, 1.807) is 0 Å². The number of hydrogen-bond acceptors (Lipinski definition) is 3. The summed E-state index contributed by atoms with van der Waals surface area (Å²) in [7, 11) is 1.89. The summed E-state index contributed by atoms with van der Waals surface area (Å²) in [6.45, 7) is 4.28. The van der Waals surface area contributed by atoms with Gasteiger partial charge in [0.25, 0.3) is 0 Å². The van der Waals surface area contributed by atoms with Crippen molar-refractivity contribution in [3.63, 3.8) is 0 Å². The lowest BCUT2D eigenvalue weighted by atomic mass is 9.87. The summed E-state index contributed by atoms with van der Waals surface area (Å²) in [4.78, 5) is 2.55. The molecule has 1 N–H and O–H groups in total. The van der Waals surface area contributed by atoms with Gasteiger partial charge in [0.05, 0.1) is 6.07 Å². The van der Waals surface area contributed by atoms with Gasteiger partial charge >= 0.3 is 0 Å². The molecule has 3 nitrogen and oxygen atoms in total. The zero-order chi connectivity index (χ0) is 15.1. The van der Waals surface area contributed by atoms with E-state index in [0.717, 1.165) is 31.1 Å². The number of nitrogens with one attached hydrogen (secondary N) is 1. The Kier molecular flexibility index (Phi) is 5.78. The van der Waals surface area contributed by atoms with E-state index in [-0.39, 0.29) is 0 Å². The fourth-order valence-electron chi connectivity index (χ4n) is 3.49. The van der Waals surface area contributed by atoms with E-state index in [2.05, 4.69) is 23.2 Å². The molecule has 1 saturated carbocycles. The molecule has 21 heavy (non-hydrogen) atoms. The van der Waals surface area contributed by atoms with Gasteiger partial charge < -0.3 is 4.90 Å². The highest BCUT2D eigenvalue weighted by Crippen LogP contribution is 2.27. The van der Waals surface area contributed by atoms with Gasteiger partial charge in [-0.25, -0.2) is 0 Å². The third-order valence-electron chi connectivity index (χ3n) is 4.91. The highest BCUT2D eigenvalue weighted by molar-refractivity contribution is 5.31. The van der Waals surface area contributed by atoms with Crippen LogP contribution in [-0.4, -0.2) is 31.1 Å². The van der Waals surface area contributed by atoms with Gasteiger partial charge in [-0.05, 0) is 38.4 Å². The van der Waals surface area contributed by atoms with Crippen molar-refractivity contribution in [1.29, 1.82) is 5.26 Å². The molecule has 1 aromatic carbocycles. The van der Waals surface area contributed by atoms with Crippen molar-refractivity contribution in [2.24, 2.45) is 0 Å². The van der Waals surface area contributed by atoms with Crippen LogP contribution in [-0.2, 0) is 5.54 Å². The van der Waals surface area contributed by atoms with E-state index < -0.39 is 5.54 Å². The number of rotatable bonds is 7. The first-order valence-corrected chi connectivity index (χ1v) is 8.15. The Morgan fingerprint density at radius 2 is 1.95 bits per heavy atom. The largest absolute Gasteiger partial charge is 0.301 e. The number of nitriles is 1. The Balaban J connectivity index is 2.08. The molecule has 0 spiro atoms. The fraction of sp³-hybridized carbons (Fsp3) is 0.611. The highest BCUT2D eigenvalue weighted by Gasteiger charge is 2.32. The van der Waals surface area contributed by atoms with Crippen molar-refractivity contribution < 1.29 is 0 Å². The van der Waals surface area contributed by atoms with Crippen molar-refractivity contribution in [2.45, 2.75) is 50.6 Å². The molecule has 0 aliphatic heterocycles. The predicted octanol–water partition coefficient (Wildman–Crippen LogP) is 3.28. The average Bonchev–Trinajstić information content (AvgIpc) is 3.07. The van der Waals surface area contributed by atoms with Crippen LogP contribution in [0.5, 0.6) is 0 Å². The molecule has 0 heterocycles. The van der Waals surface area contributed by atoms with Gasteiger partial charge in [0.15, 0.2) is 0 Å². The van der Waals surface area contributed by atoms with Gasteiger partial charge in [-0.15, -0.1) is 0 Å². The maximum Gasteiger partial charge on any atom is 0.133 e. The summed E-state index contributed by atoms with van der Waals surface area (Å²) in [5.74, 6) is 0. The topological polar surface area (TPSA) is 39.1 Å². The Morgan fingerprint density at radius 1 is 1.29 bits per heavy atom. The molecule has 1 atom stereocenters. The lowest BCUT2D eigenvalue weighted by Crippen LogP contribution is -2.43. The maximum absolute atomic E-state index is 9.75. The summed E-state index contributed by atoms with van der Waals surface area (Å²) < 4.78 is 0. The van der Waals surface area contributed by atoms with Crippen LogP contribution in [0.1, 0.15) is 44.6 Å². The second kappa shape index (κ2) is 7.59. The average molecular weight is 285 g/mol. The first kappa shape index (κ1) is 16.0. The summed E-state index contributed by atoms with van der Waals surface area (Å²) in [5.41, 5.74) is 0.491. The van der Waals surface area contributed by atoms with Crippen molar-refractivity contribution in [3.8, 4) is 6.07 Å². The van der Waals surface area contributed by atoms with Crippen molar-refractivity contribution in [1.82, 2.24) is 10.2 Å². The normalized spacial score (nSPS) is 18.6. The minimum atomic E-state index is -0.576. The predicted molar refractivity (Wildman–Crippen MR) is 86.9 cm³/mol.